The van der Waals surface area contributed by atoms with Crippen LogP contribution < -0.4 is 0 Å². The van der Waals surface area contributed by atoms with E-state index in [0.29, 0.717) is 37.7 Å². The number of hydrogen-bond acceptors (Lipinski definition) is 3. The lowest BCUT2D eigenvalue weighted by atomic mass is 9.38. The highest BCUT2D eigenvalue weighted by molar-refractivity contribution is 6.04. The van der Waals surface area contributed by atoms with Crippen LogP contribution in [-0.4, -0.2) is 27.6 Å². The van der Waals surface area contributed by atoms with Gasteiger partial charge in [0, 0.05) is 5.41 Å². The summed E-state index contributed by atoms with van der Waals surface area (Å²) >= 11 is 0. The molecule has 0 aromatic carbocycles. The van der Waals surface area contributed by atoms with Gasteiger partial charge in [0.25, 0.3) is 0 Å². The molecule has 0 aliphatic heterocycles. The Labute approximate surface area is 143 Å². The number of aliphatic carboxylic acids is 1. The van der Waals surface area contributed by atoms with Crippen LogP contribution in [0.1, 0.15) is 65.2 Å². The van der Waals surface area contributed by atoms with Crippen molar-refractivity contribution in [2.45, 2.75) is 70.8 Å². The number of rotatable bonds is 1. The van der Waals surface area contributed by atoms with Gasteiger partial charge in [-0.25, -0.2) is 0 Å². The Morgan fingerprint density at radius 2 is 1.88 bits per heavy atom. The van der Waals surface area contributed by atoms with Gasteiger partial charge in [-0.05, 0) is 69.3 Å². The van der Waals surface area contributed by atoms with E-state index in [9.17, 15) is 19.8 Å². The average molecular weight is 332 g/mol. The summed E-state index contributed by atoms with van der Waals surface area (Å²) in [6, 6.07) is 0. The van der Waals surface area contributed by atoms with E-state index in [1.54, 1.807) is 0 Å². The van der Waals surface area contributed by atoms with Crippen LogP contribution in [0.4, 0.5) is 0 Å². The molecule has 4 fully saturated rings. The number of carboxylic acids is 1. The molecule has 4 aliphatic carbocycles. The minimum atomic E-state index is -1.09. The Hall–Kier alpha value is -1.16. The zero-order valence-corrected chi connectivity index (χ0v) is 14.7. The van der Waals surface area contributed by atoms with Crippen LogP contribution in [0, 0.1) is 28.1 Å². The molecule has 0 aromatic rings. The Kier molecular flexibility index (Phi) is 3.07. The quantitative estimate of drug-likeness (QED) is 0.722. The smallest absolute Gasteiger partial charge is 0.309 e. The standard InChI is InChI=1S/C20H28O4/c1-12-13-5-10-20(24)18(3)8-4-7-17(2,16(22)23)14(18)6-9-19(20,11-13)15(12)21/h13-14,24H,1,4-11H2,2-3H3,(H,22,23)/t13?,14-,17-,18-,19+,20-/m1/s1. The Balaban J connectivity index is 1.86. The van der Waals surface area contributed by atoms with Crippen molar-refractivity contribution in [3.8, 4) is 0 Å². The van der Waals surface area contributed by atoms with Gasteiger partial charge in [-0.2, -0.15) is 0 Å². The molecule has 2 N–H and O–H groups in total. The third kappa shape index (κ3) is 1.50. The molecule has 0 saturated heterocycles. The first kappa shape index (κ1) is 16.3. The molecular weight excluding hydrogens is 304 g/mol. The average Bonchev–Trinajstić information content (AvgIpc) is 2.73. The van der Waals surface area contributed by atoms with Crippen LogP contribution in [-0.2, 0) is 9.59 Å². The molecule has 1 spiro atoms. The van der Waals surface area contributed by atoms with Gasteiger partial charge < -0.3 is 10.2 Å². The highest BCUT2D eigenvalue weighted by Gasteiger charge is 2.75. The number of carbonyl (C=O) groups is 2. The van der Waals surface area contributed by atoms with Crippen molar-refractivity contribution in [2.75, 3.05) is 0 Å². The topological polar surface area (TPSA) is 74.6 Å². The lowest BCUT2D eigenvalue weighted by molar-refractivity contribution is -0.255. The summed E-state index contributed by atoms with van der Waals surface area (Å²) < 4.78 is 0. The molecule has 0 heterocycles. The Morgan fingerprint density at radius 1 is 1.17 bits per heavy atom. The first-order valence-electron chi connectivity index (χ1n) is 9.32. The number of aliphatic hydroxyl groups is 1. The van der Waals surface area contributed by atoms with Crippen LogP contribution >= 0.6 is 0 Å². The van der Waals surface area contributed by atoms with E-state index in [2.05, 4.69) is 13.5 Å². The molecule has 4 rings (SSSR count). The van der Waals surface area contributed by atoms with Crippen molar-refractivity contribution in [3.05, 3.63) is 12.2 Å². The fraction of sp³-hybridized carbons (Fsp3) is 0.800. The normalized spacial score (nSPS) is 53.5. The van der Waals surface area contributed by atoms with Crippen LogP contribution in [0.5, 0.6) is 0 Å². The van der Waals surface area contributed by atoms with Gasteiger partial charge in [0.1, 0.15) is 0 Å². The number of Topliss-reactive ketones (excluding diaryl/α,β-unsaturated/α-hetero) is 1. The van der Waals surface area contributed by atoms with E-state index in [0.717, 1.165) is 19.3 Å². The lowest BCUT2D eigenvalue weighted by Gasteiger charge is -2.66. The van der Waals surface area contributed by atoms with Gasteiger partial charge >= 0.3 is 5.97 Å². The van der Waals surface area contributed by atoms with Crippen molar-refractivity contribution >= 4 is 11.8 Å². The highest BCUT2D eigenvalue weighted by atomic mass is 16.4. The lowest BCUT2D eigenvalue weighted by Crippen LogP contribution is -2.70. The van der Waals surface area contributed by atoms with Gasteiger partial charge in [-0.1, -0.05) is 19.9 Å². The molecule has 6 atom stereocenters. The second kappa shape index (κ2) is 4.51. The first-order chi connectivity index (χ1) is 11.1. The van der Waals surface area contributed by atoms with E-state index < -0.39 is 27.8 Å². The first-order valence-corrected chi connectivity index (χ1v) is 9.32. The zero-order valence-electron chi connectivity index (χ0n) is 14.7. The maximum atomic E-state index is 13.1. The number of hydrogen-bond donors (Lipinski definition) is 2. The summed E-state index contributed by atoms with van der Waals surface area (Å²) in [6.45, 7) is 7.93. The predicted molar refractivity (Wildman–Crippen MR) is 89.3 cm³/mol. The van der Waals surface area contributed by atoms with Crippen molar-refractivity contribution in [3.63, 3.8) is 0 Å². The van der Waals surface area contributed by atoms with Crippen molar-refractivity contribution in [1.82, 2.24) is 0 Å². The summed E-state index contributed by atoms with van der Waals surface area (Å²) in [7, 11) is 0. The summed E-state index contributed by atoms with van der Waals surface area (Å²) in [5.41, 5.74) is -2.42. The number of carbonyl (C=O) groups excluding carboxylic acids is 1. The molecule has 2 bridgehead atoms. The van der Waals surface area contributed by atoms with Crippen molar-refractivity contribution < 1.29 is 19.8 Å². The second-order valence-corrected chi connectivity index (χ2v) is 9.32. The summed E-state index contributed by atoms with van der Waals surface area (Å²) in [5.74, 6) is -0.555. The largest absolute Gasteiger partial charge is 0.481 e. The number of allylic oxidation sites excluding steroid dienone is 1. The van der Waals surface area contributed by atoms with Gasteiger partial charge in [-0.15, -0.1) is 0 Å². The summed E-state index contributed by atoms with van der Waals surface area (Å²) in [4.78, 5) is 25.1. The fourth-order valence-electron chi connectivity index (χ4n) is 7.29. The molecule has 4 saturated carbocycles. The van der Waals surface area contributed by atoms with Crippen LogP contribution in [0.15, 0.2) is 12.2 Å². The highest BCUT2D eigenvalue weighted by Crippen LogP contribution is 2.72. The molecule has 24 heavy (non-hydrogen) atoms. The Bertz CT molecular complexity index is 654. The van der Waals surface area contributed by atoms with E-state index >= 15 is 0 Å². The van der Waals surface area contributed by atoms with E-state index in [1.807, 2.05) is 6.92 Å². The number of fused-ring (bicyclic) bond motifs is 3. The third-order valence-electron chi connectivity index (χ3n) is 8.68. The Morgan fingerprint density at radius 3 is 2.54 bits per heavy atom. The number of carboxylic acid groups (broad SMARTS) is 1. The van der Waals surface area contributed by atoms with Gasteiger partial charge in [0.2, 0.25) is 0 Å². The number of ketones is 1. The molecular formula is C20H28O4. The maximum absolute atomic E-state index is 13.1. The molecule has 1 unspecified atom stereocenters. The minimum absolute atomic E-state index is 0.0646. The maximum Gasteiger partial charge on any atom is 0.309 e. The molecule has 4 heteroatoms. The predicted octanol–water partition coefficient (Wildman–Crippen LogP) is 3.33. The fourth-order valence-corrected chi connectivity index (χ4v) is 7.29. The van der Waals surface area contributed by atoms with E-state index in [4.69, 9.17) is 0 Å². The molecule has 0 amide bonds. The van der Waals surface area contributed by atoms with Crippen molar-refractivity contribution in [1.29, 1.82) is 0 Å². The monoisotopic (exact) mass is 332 g/mol. The molecule has 132 valence electrons. The summed E-state index contributed by atoms with van der Waals surface area (Å²) in [6.07, 6.45) is 5.71. The molecule has 0 aromatic heterocycles. The molecule has 4 nitrogen and oxygen atoms in total. The zero-order chi connectivity index (χ0) is 17.5. The summed E-state index contributed by atoms with van der Waals surface area (Å²) in [5, 5.41) is 21.9. The van der Waals surface area contributed by atoms with Gasteiger partial charge in [-0.3, -0.25) is 9.59 Å². The van der Waals surface area contributed by atoms with Crippen LogP contribution in [0.25, 0.3) is 0 Å². The van der Waals surface area contributed by atoms with Crippen LogP contribution in [0.3, 0.4) is 0 Å². The van der Waals surface area contributed by atoms with E-state index in [-0.39, 0.29) is 17.6 Å². The SMILES string of the molecule is C=C1C(=O)[C@@]23CC[C@@H]4[C@](C)(C(=O)O)CCC[C@@]4(C)[C@]2(O)CCC1C3. The second-order valence-electron chi connectivity index (χ2n) is 9.32. The van der Waals surface area contributed by atoms with E-state index in [1.165, 1.54) is 0 Å². The van der Waals surface area contributed by atoms with Crippen LogP contribution in [0.2, 0.25) is 0 Å². The third-order valence-corrected chi connectivity index (χ3v) is 8.68. The van der Waals surface area contributed by atoms with Gasteiger partial charge in [0.15, 0.2) is 5.78 Å². The molecule has 0 radical (unpaired) electrons. The minimum Gasteiger partial charge on any atom is -0.481 e. The van der Waals surface area contributed by atoms with Crippen molar-refractivity contribution in [2.24, 2.45) is 28.1 Å². The molecule has 4 aliphatic rings. The van der Waals surface area contributed by atoms with Gasteiger partial charge in [0.05, 0.1) is 16.4 Å².